The Bertz CT molecular complexity index is 1110. The maximum atomic E-state index is 12.6. The van der Waals surface area contributed by atoms with Gasteiger partial charge in [-0.1, -0.05) is 57.2 Å². The molecule has 0 aromatic heterocycles. The molecule has 0 saturated carbocycles. The van der Waals surface area contributed by atoms with E-state index in [2.05, 4.69) is 26.1 Å². The fraction of sp³-hybridized carbons (Fsp3) is 0.190. The standard InChI is InChI=1S/C21H21NO4S/c1-21(2,3)15-10-8-14(9-11-15)20(23)22-18-12-13-19(27(24,25)26)17-7-5-4-6-16(17)18/h4-13H,1-3H3,(H,22,23)(H,24,25,26). The predicted molar refractivity (Wildman–Crippen MR) is 107 cm³/mol. The Labute approximate surface area is 158 Å². The molecule has 140 valence electrons. The Hall–Kier alpha value is -2.70. The lowest BCUT2D eigenvalue weighted by molar-refractivity contribution is 0.102. The SMILES string of the molecule is CC(C)(C)c1ccc(C(=O)Nc2ccc(S(=O)(=O)O)c3ccccc23)cc1. The molecule has 0 unspecified atom stereocenters. The van der Waals surface area contributed by atoms with Gasteiger partial charge < -0.3 is 5.32 Å². The molecular formula is C21H21NO4S. The highest BCUT2D eigenvalue weighted by atomic mass is 32.2. The first kappa shape index (κ1) is 19.1. The van der Waals surface area contributed by atoms with Crippen LogP contribution in [0.2, 0.25) is 0 Å². The lowest BCUT2D eigenvalue weighted by atomic mass is 9.86. The number of hydrogen-bond donors (Lipinski definition) is 2. The van der Waals surface area contributed by atoms with Crippen LogP contribution in [0.15, 0.2) is 65.6 Å². The third-order valence-electron chi connectivity index (χ3n) is 4.42. The zero-order valence-corrected chi connectivity index (χ0v) is 16.2. The molecule has 27 heavy (non-hydrogen) atoms. The van der Waals surface area contributed by atoms with Crippen LogP contribution in [0.3, 0.4) is 0 Å². The fourth-order valence-corrected chi connectivity index (χ4v) is 3.62. The molecule has 0 heterocycles. The Morgan fingerprint density at radius 1 is 0.889 bits per heavy atom. The van der Waals surface area contributed by atoms with E-state index in [1.54, 1.807) is 36.4 Å². The second-order valence-corrected chi connectivity index (χ2v) is 8.80. The summed E-state index contributed by atoms with van der Waals surface area (Å²) in [6.45, 7) is 6.31. The molecule has 2 N–H and O–H groups in total. The molecule has 0 spiro atoms. The first-order valence-electron chi connectivity index (χ1n) is 8.48. The van der Waals surface area contributed by atoms with Crippen LogP contribution in [-0.4, -0.2) is 18.9 Å². The number of carbonyl (C=O) groups excluding carboxylic acids is 1. The summed E-state index contributed by atoms with van der Waals surface area (Å²) in [5.74, 6) is -0.291. The van der Waals surface area contributed by atoms with Gasteiger partial charge in [0.1, 0.15) is 4.90 Å². The van der Waals surface area contributed by atoms with E-state index in [9.17, 15) is 17.8 Å². The van der Waals surface area contributed by atoms with Gasteiger partial charge in [0.25, 0.3) is 16.0 Å². The first-order valence-corrected chi connectivity index (χ1v) is 9.92. The van der Waals surface area contributed by atoms with E-state index in [1.807, 2.05) is 12.1 Å². The fourth-order valence-electron chi connectivity index (χ4n) is 2.92. The lowest BCUT2D eigenvalue weighted by Gasteiger charge is -2.19. The number of rotatable bonds is 3. The van der Waals surface area contributed by atoms with E-state index in [1.165, 1.54) is 12.1 Å². The third-order valence-corrected chi connectivity index (χ3v) is 5.34. The number of carbonyl (C=O) groups is 1. The number of amides is 1. The summed E-state index contributed by atoms with van der Waals surface area (Å²) in [7, 11) is -4.36. The lowest BCUT2D eigenvalue weighted by Crippen LogP contribution is -2.14. The number of fused-ring (bicyclic) bond motifs is 1. The van der Waals surface area contributed by atoms with Crippen LogP contribution in [0.1, 0.15) is 36.7 Å². The molecule has 0 bridgehead atoms. The van der Waals surface area contributed by atoms with Gasteiger partial charge in [0.2, 0.25) is 0 Å². The summed E-state index contributed by atoms with van der Waals surface area (Å²) < 4.78 is 32.6. The van der Waals surface area contributed by atoms with Crippen molar-refractivity contribution in [1.82, 2.24) is 0 Å². The second-order valence-electron chi connectivity index (χ2n) is 7.41. The first-order chi connectivity index (χ1) is 12.6. The highest BCUT2D eigenvalue weighted by molar-refractivity contribution is 7.86. The van der Waals surface area contributed by atoms with Gasteiger partial charge in [0, 0.05) is 22.0 Å². The molecule has 0 atom stereocenters. The molecule has 0 aliphatic heterocycles. The zero-order valence-electron chi connectivity index (χ0n) is 15.4. The molecule has 0 fully saturated rings. The van der Waals surface area contributed by atoms with E-state index in [0.717, 1.165) is 5.56 Å². The van der Waals surface area contributed by atoms with Crippen molar-refractivity contribution in [1.29, 1.82) is 0 Å². The Morgan fingerprint density at radius 3 is 2.04 bits per heavy atom. The van der Waals surface area contributed by atoms with Crippen LogP contribution in [0.25, 0.3) is 10.8 Å². The third kappa shape index (κ3) is 4.02. The molecule has 3 rings (SSSR count). The van der Waals surface area contributed by atoms with Crippen molar-refractivity contribution in [3.63, 3.8) is 0 Å². The number of benzene rings is 3. The van der Waals surface area contributed by atoms with Crippen molar-refractivity contribution in [2.24, 2.45) is 0 Å². The molecular weight excluding hydrogens is 362 g/mol. The summed E-state index contributed by atoms with van der Waals surface area (Å²) in [5.41, 5.74) is 2.10. The molecule has 0 radical (unpaired) electrons. The summed E-state index contributed by atoms with van der Waals surface area (Å²) in [6.07, 6.45) is 0. The minimum Gasteiger partial charge on any atom is -0.321 e. The minimum absolute atomic E-state index is 0.00315. The van der Waals surface area contributed by atoms with Crippen molar-refractivity contribution >= 4 is 32.5 Å². The van der Waals surface area contributed by atoms with E-state index in [4.69, 9.17) is 0 Å². The van der Waals surface area contributed by atoms with Crippen molar-refractivity contribution in [3.8, 4) is 0 Å². The van der Waals surface area contributed by atoms with E-state index in [0.29, 0.717) is 22.0 Å². The molecule has 3 aromatic rings. The number of anilines is 1. The van der Waals surface area contributed by atoms with Crippen molar-refractivity contribution in [3.05, 3.63) is 71.8 Å². The van der Waals surface area contributed by atoms with Crippen molar-refractivity contribution in [2.75, 3.05) is 5.32 Å². The normalized spacial score (nSPS) is 12.1. The summed E-state index contributed by atoms with van der Waals surface area (Å²) in [4.78, 5) is 12.4. The summed E-state index contributed by atoms with van der Waals surface area (Å²) >= 11 is 0. The Morgan fingerprint density at radius 2 is 1.48 bits per heavy atom. The van der Waals surface area contributed by atoms with Gasteiger partial charge in [0.15, 0.2) is 0 Å². The largest absolute Gasteiger partial charge is 0.321 e. The van der Waals surface area contributed by atoms with Gasteiger partial charge in [-0.15, -0.1) is 0 Å². The van der Waals surface area contributed by atoms with Gasteiger partial charge >= 0.3 is 0 Å². The van der Waals surface area contributed by atoms with Crippen molar-refractivity contribution in [2.45, 2.75) is 31.1 Å². The van der Waals surface area contributed by atoms with Crippen LogP contribution in [-0.2, 0) is 15.5 Å². The van der Waals surface area contributed by atoms with Crippen molar-refractivity contribution < 1.29 is 17.8 Å². The molecule has 3 aromatic carbocycles. The summed E-state index contributed by atoms with van der Waals surface area (Å²) in [6, 6.07) is 16.9. The molecule has 0 aliphatic rings. The van der Waals surface area contributed by atoms with E-state index < -0.39 is 10.1 Å². The van der Waals surface area contributed by atoms with Gasteiger partial charge in [-0.3, -0.25) is 9.35 Å². The van der Waals surface area contributed by atoms with E-state index in [-0.39, 0.29) is 16.2 Å². The highest BCUT2D eigenvalue weighted by Gasteiger charge is 2.18. The van der Waals surface area contributed by atoms with Gasteiger partial charge in [0.05, 0.1) is 0 Å². The smallest absolute Gasteiger partial charge is 0.295 e. The maximum Gasteiger partial charge on any atom is 0.295 e. The number of nitrogens with one attached hydrogen (secondary N) is 1. The van der Waals surface area contributed by atoms with E-state index >= 15 is 0 Å². The zero-order chi connectivity index (χ0) is 19.8. The highest BCUT2D eigenvalue weighted by Crippen LogP contribution is 2.30. The second kappa shape index (κ2) is 6.79. The Balaban J connectivity index is 1.96. The van der Waals surface area contributed by atoms with Gasteiger partial charge in [-0.2, -0.15) is 8.42 Å². The molecule has 1 amide bonds. The Kier molecular flexibility index (Phi) is 4.80. The van der Waals surface area contributed by atoms with Crippen LogP contribution < -0.4 is 5.32 Å². The van der Waals surface area contributed by atoms with Crippen LogP contribution in [0.5, 0.6) is 0 Å². The van der Waals surface area contributed by atoms with Gasteiger partial charge in [-0.25, -0.2) is 0 Å². The predicted octanol–water partition coefficient (Wildman–Crippen LogP) is 4.64. The van der Waals surface area contributed by atoms with Gasteiger partial charge in [-0.05, 0) is 35.2 Å². The topological polar surface area (TPSA) is 83.5 Å². The number of hydrogen-bond acceptors (Lipinski definition) is 3. The molecule has 5 nitrogen and oxygen atoms in total. The minimum atomic E-state index is -4.36. The van der Waals surface area contributed by atoms with Crippen LogP contribution >= 0.6 is 0 Å². The monoisotopic (exact) mass is 383 g/mol. The molecule has 6 heteroatoms. The average molecular weight is 383 g/mol. The quantitative estimate of drug-likeness (QED) is 0.646. The molecule has 0 aliphatic carbocycles. The molecule has 0 saturated heterocycles. The average Bonchev–Trinajstić information content (AvgIpc) is 2.60. The van der Waals surface area contributed by atoms with Crippen LogP contribution in [0, 0.1) is 0 Å². The summed E-state index contributed by atoms with van der Waals surface area (Å²) in [5, 5.41) is 3.71. The van der Waals surface area contributed by atoms with Crippen LogP contribution in [0.4, 0.5) is 5.69 Å². The maximum absolute atomic E-state index is 12.6.